The van der Waals surface area contributed by atoms with Gasteiger partial charge >= 0.3 is 0 Å². The third kappa shape index (κ3) is 3.64. The number of carbonyl (C=O) groups excluding carboxylic acids is 1. The minimum Gasteiger partial charge on any atom is -0.349 e. The van der Waals surface area contributed by atoms with Crippen LogP contribution >= 0.6 is 0 Å². The van der Waals surface area contributed by atoms with Crippen LogP contribution in [0.4, 0.5) is 5.82 Å². The molecule has 6 heteroatoms. The van der Waals surface area contributed by atoms with Gasteiger partial charge in [0.25, 0.3) is 0 Å². The number of nitriles is 1. The van der Waals surface area contributed by atoms with Crippen molar-refractivity contribution in [3.8, 4) is 6.07 Å². The van der Waals surface area contributed by atoms with Crippen LogP contribution in [0.25, 0.3) is 0 Å². The van der Waals surface area contributed by atoms with Gasteiger partial charge in [-0.25, -0.2) is 0 Å². The van der Waals surface area contributed by atoms with Gasteiger partial charge in [0.2, 0.25) is 5.91 Å². The highest BCUT2D eigenvalue weighted by Gasteiger charge is 2.26. The van der Waals surface area contributed by atoms with Gasteiger partial charge in [-0.3, -0.25) is 9.69 Å². The van der Waals surface area contributed by atoms with Crippen molar-refractivity contribution in [2.24, 2.45) is 0 Å². The molecule has 0 spiro atoms. The lowest BCUT2D eigenvalue weighted by Crippen LogP contribution is -2.41. The largest absolute Gasteiger partial charge is 0.349 e. The molecule has 154 valence electrons. The van der Waals surface area contributed by atoms with E-state index in [2.05, 4.69) is 58.2 Å². The number of fused-ring (bicyclic) bond motifs is 1. The molecule has 30 heavy (non-hydrogen) atoms. The summed E-state index contributed by atoms with van der Waals surface area (Å²) in [6.07, 6.45) is 2.09. The number of amides is 1. The molecule has 2 aromatic heterocycles. The Hall–Kier alpha value is -3.30. The van der Waals surface area contributed by atoms with E-state index in [-0.39, 0.29) is 11.9 Å². The van der Waals surface area contributed by atoms with E-state index in [4.69, 9.17) is 0 Å². The smallest absolute Gasteiger partial charge is 0.239 e. The summed E-state index contributed by atoms with van der Waals surface area (Å²) in [4.78, 5) is 15.2. The van der Waals surface area contributed by atoms with Gasteiger partial charge in [0.15, 0.2) is 0 Å². The Morgan fingerprint density at radius 3 is 2.67 bits per heavy atom. The summed E-state index contributed by atoms with van der Waals surface area (Å²) in [6.45, 7) is 8.67. The molecule has 4 rings (SSSR count). The fourth-order valence-corrected chi connectivity index (χ4v) is 4.29. The molecule has 0 aliphatic carbocycles. The molecular weight excluding hydrogens is 374 g/mol. The van der Waals surface area contributed by atoms with Crippen LogP contribution in [0.1, 0.15) is 41.0 Å². The Morgan fingerprint density at radius 2 is 1.93 bits per heavy atom. The average molecular weight is 402 g/mol. The molecule has 1 atom stereocenters. The zero-order chi connectivity index (χ0) is 21.3. The number of hydrogen-bond donors (Lipinski definition) is 1. The maximum atomic E-state index is 13.0. The van der Waals surface area contributed by atoms with E-state index >= 15 is 0 Å². The molecule has 0 unspecified atom stereocenters. The van der Waals surface area contributed by atoms with Gasteiger partial charge in [0.05, 0.1) is 12.1 Å². The predicted octanol–water partition coefficient (Wildman–Crippen LogP) is 3.84. The second kappa shape index (κ2) is 8.21. The fourth-order valence-electron chi connectivity index (χ4n) is 4.29. The van der Waals surface area contributed by atoms with Crippen molar-refractivity contribution in [3.63, 3.8) is 0 Å². The molecule has 1 aliphatic heterocycles. The first kappa shape index (κ1) is 20.0. The SMILES string of the molecule is Cc1c(C#N)c(NC(=O)CN2CCn3cccc3[C@@H]2C)n(Cc2ccccc2)c1C. The zero-order valence-corrected chi connectivity index (χ0v) is 17.7. The third-order valence-corrected chi connectivity index (χ3v) is 6.20. The number of nitrogens with one attached hydrogen (secondary N) is 1. The molecule has 3 aromatic rings. The number of nitrogens with zero attached hydrogens (tertiary/aromatic N) is 4. The summed E-state index contributed by atoms with van der Waals surface area (Å²) in [6, 6.07) is 16.7. The summed E-state index contributed by atoms with van der Waals surface area (Å²) >= 11 is 0. The molecule has 1 N–H and O–H groups in total. The van der Waals surface area contributed by atoms with Gasteiger partial charge in [0, 0.05) is 43.3 Å². The number of rotatable bonds is 5. The second-order valence-corrected chi connectivity index (χ2v) is 7.94. The van der Waals surface area contributed by atoms with E-state index in [9.17, 15) is 10.1 Å². The Labute approximate surface area is 177 Å². The quantitative estimate of drug-likeness (QED) is 0.706. The van der Waals surface area contributed by atoms with Crippen LogP contribution in [0.15, 0.2) is 48.7 Å². The Bertz CT molecular complexity index is 1100. The highest BCUT2D eigenvalue weighted by Crippen LogP contribution is 2.28. The van der Waals surface area contributed by atoms with E-state index < -0.39 is 0 Å². The topological polar surface area (TPSA) is 66.0 Å². The van der Waals surface area contributed by atoms with Crippen LogP contribution < -0.4 is 5.32 Å². The lowest BCUT2D eigenvalue weighted by Gasteiger charge is -2.34. The van der Waals surface area contributed by atoms with E-state index in [0.29, 0.717) is 24.5 Å². The van der Waals surface area contributed by atoms with Crippen LogP contribution in [0.5, 0.6) is 0 Å². The van der Waals surface area contributed by atoms with Crippen molar-refractivity contribution in [2.45, 2.75) is 39.9 Å². The second-order valence-electron chi connectivity index (χ2n) is 7.94. The van der Waals surface area contributed by atoms with E-state index in [1.807, 2.05) is 36.6 Å². The predicted molar refractivity (Wildman–Crippen MR) is 117 cm³/mol. The molecule has 6 nitrogen and oxygen atoms in total. The molecule has 3 heterocycles. The van der Waals surface area contributed by atoms with Crippen molar-refractivity contribution >= 4 is 11.7 Å². The Morgan fingerprint density at radius 1 is 1.17 bits per heavy atom. The van der Waals surface area contributed by atoms with Gasteiger partial charge in [-0.2, -0.15) is 5.26 Å². The lowest BCUT2D eigenvalue weighted by molar-refractivity contribution is -0.118. The molecule has 1 aromatic carbocycles. The monoisotopic (exact) mass is 401 g/mol. The number of aromatic nitrogens is 2. The van der Waals surface area contributed by atoms with Gasteiger partial charge in [-0.15, -0.1) is 0 Å². The molecule has 1 amide bonds. The normalized spacial score (nSPS) is 16.1. The molecule has 1 aliphatic rings. The van der Waals surface area contributed by atoms with Crippen molar-refractivity contribution in [1.82, 2.24) is 14.0 Å². The summed E-state index contributed by atoms with van der Waals surface area (Å²) in [5.41, 5.74) is 4.80. The van der Waals surface area contributed by atoms with Crippen LogP contribution in [0.2, 0.25) is 0 Å². The van der Waals surface area contributed by atoms with E-state index in [0.717, 1.165) is 29.9 Å². The van der Waals surface area contributed by atoms with Gasteiger partial charge < -0.3 is 14.5 Å². The van der Waals surface area contributed by atoms with Crippen molar-refractivity contribution in [2.75, 3.05) is 18.4 Å². The number of hydrogen-bond acceptors (Lipinski definition) is 3. The number of benzene rings is 1. The summed E-state index contributed by atoms with van der Waals surface area (Å²) < 4.78 is 4.27. The molecular formula is C24H27N5O. The fraction of sp³-hybridized carbons (Fsp3) is 0.333. The molecule has 0 bridgehead atoms. The first-order chi connectivity index (χ1) is 14.5. The minimum absolute atomic E-state index is 0.0924. The van der Waals surface area contributed by atoms with Gasteiger partial charge in [-0.05, 0) is 44.0 Å². The highest BCUT2D eigenvalue weighted by molar-refractivity contribution is 5.93. The van der Waals surface area contributed by atoms with Crippen molar-refractivity contribution in [1.29, 1.82) is 5.26 Å². The maximum Gasteiger partial charge on any atom is 0.239 e. The lowest BCUT2D eigenvalue weighted by atomic mass is 10.1. The van der Waals surface area contributed by atoms with E-state index in [1.165, 1.54) is 5.69 Å². The maximum absolute atomic E-state index is 13.0. The first-order valence-electron chi connectivity index (χ1n) is 10.3. The van der Waals surface area contributed by atoms with Crippen molar-refractivity contribution in [3.05, 3.63) is 76.7 Å². The third-order valence-electron chi connectivity index (χ3n) is 6.20. The Balaban J connectivity index is 1.56. The Kier molecular flexibility index (Phi) is 5.47. The first-order valence-corrected chi connectivity index (χ1v) is 10.3. The zero-order valence-electron chi connectivity index (χ0n) is 17.7. The summed E-state index contributed by atoms with van der Waals surface area (Å²) in [7, 11) is 0. The standard InChI is InChI=1S/C24H27N5O/c1-17-18(2)29(15-20-8-5-4-6-9-20)24(21(17)14-25)26-23(30)16-28-13-12-27-11-7-10-22(27)19(28)3/h4-11,19H,12-13,15-16H2,1-3H3,(H,26,30)/t19-/m0/s1. The van der Waals surface area contributed by atoms with Gasteiger partial charge in [-0.1, -0.05) is 30.3 Å². The average Bonchev–Trinajstić information content (AvgIpc) is 3.31. The number of anilines is 1. The van der Waals surface area contributed by atoms with Crippen LogP contribution in [-0.2, 0) is 17.9 Å². The molecule has 0 radical (unpaired) electrons. The van der Waals surface area contributed by atoms with Crippen LogP contribution in [-0.4, -0.2) is 33.0 Å². The summed E-state index contributed by atoms with van der Waals surface area (Å²) in [5, 5.41) is 12.8. The van der Waals surface area contributed by atoms with Crippen LogP contribution in [0.3, 0.4) is 0 Å². The van der Waals surface area contributed by atoms with Crippen molar-refractivity contribution < 1.29 is 4.79 Å². The molecule has 0 fully saturated rings. The van der Waals surface area contributed by atoms with Crippen LogP contribution in [0, 0.1) is 25.2 Å². The number of carbonyl (C=O) groups is 1. The summed E-state index contributed by atoms with van der Waals surface area (Å²) in [5.74, 6) is 0.500. The van der Waals surface area contributed by atoms with E-state index in [1.54, 1.807) is 0 Å². The molecule has 0 saturated carbocycles. The molecule has 0 saturated heterocycles. The van der Waals surface area contributed by atoms with Gasteiger partial charge in [0.1, 0.15) is 11.9 Å². The highest BCUT2D eigenvalue weighted by atomic mass is 16.2. The minimum atomic E-state index is -0.0924.